The van der Waals surface area contributed by atoms with Crippen LogP contribution in [0.15, 0.2) is 12.2 Å². The van der Waals surface area contributed by atoms with E-state index in [1.807, 2.05) is 0 Å². The molecule has 0 N–H and O–H groups in total. The third-order valence-corrected chi connectivity index (χ3v) is 3.70. The van der Waals surface area contributed by atoms with Gasteiger partial charge >= 0.3 is 9.28 Å². The molecule has 0 spiro atoms. The summed E-state index contributed by atoms with van der Waals surface area (Å²) >= 11 is 0. The van der Waals surface area contributed by atoms with E-state index in [-0.39, 0.29) is 0 Å². The minimum absolute atomic E-state index is 0.985. The van der Waals surface area contributed by atoms with Crippen LogP contribution in [0.1, 0.15) is 32.6 Å². The smallest absolute Gasteiger partial charge is 0.324 e. The molecule has 0 amide bonds. The number of hydrogen-bond acceptors (Lipinski definition) is 2. The quantitative estimate of drug-likeness (QED) is 0.342. The van der Waals surface area contributed by atoms with E-state index < -0.39 is 9.28 Å². The van der Waals surface area contributed by atoms with Gasteiger partial charge in [0.15, 0.2) is 0 Å². The Hall–Kier alpha value is -0.123. The van der Waals surface area contributed by atoms with Crippen molar-refractivity contribution >= 4 is 9.28 Å². The highest BCUT2D eigenvalue weighted by atomic mass is 28.3. The predicted octanol–water partition coefficient (Wildman–Crippen LogP) is 2.64. The summed E-state index contributed by atoms with van der Waals surface area (Å²) in [5.74, 6) is 0. The van der Waals surface area contributed by atoms with E-state index in [9.17, 15) is 0 Å². The summed E-state index contributed by atoms with van der Waals surface area (Å²) in [6, 6.07) is 0.985. The Kier molecular flexibility index (Phi) is 9.87. The fourth-order valence-corrected chi connectivity index (χ4v) is 2.12. The normalized spacial score (nSPS) is 11.7. The molecular formula is C10H22O2Si. The molecule has 0 atom stereocenters. The van der Waals surface area contributed by atoms with Crippen molar-refractivity contribution in [2.24, 2.45) is 0 Å². The van der Waals surface area contributed by atoms with Crippen molar-refractivity contribution in [3.05, 3.63) is 12.2 Å². The molecule has 0 rings (SSSR count). The molecule has 0 saturated heterocycles. The van der Waals surface area contributed by atoms with Gasteiger partial charge < -0.3 is 8.85 Å². The maximum atomic E-state index is 5.19. The number of rotatable bonds is 8. The minimum atomic E-state index is -1.34. The van der Waals surface area contributed by atoms with Crippen molar-refractivity contribution in [2.75, 3.05) is 14.2 Å². The van der Waals surface area contributed by atoms with Crippen molar-refractivity contribution in [3.63, 3.8) is 0 Å². The van der Waals surface area contributed by atoms with E-state index in [1.54, 1.807) is 14.2 Å². The summed E-state index contributed by atoms with van der Waals surface area (Å²) in [4.78, 5) is 0. The molecule has 3 heteroatoms. The van der Waals surface area contributed by atoms with Gasteiger partial charge in [-0.2, -0.15) is 0 Å². The number of allylic oxidation sites excluding steroid dienone is 2. The molecule has 0 aliphatic carbocycles. The molecule has 0 fully saturated rings. The van der Waals surface area contributed by atoms with E-state index in [1.165, 1.54) is 25.7 Å². The summed E-state index contributed by atoms with van der Waals surface area (Å²) in [5, 5.41) is 0. The molecule has 0 aromatic carbocycles. The van der Waals surface area contributed by atoms with Gasteiger partial charge in [0.25, 0.3) is 0 Å². The Morgan fingerprint density at radius 3 is 2.31 bits per heavy atom. The van der Waals surface area contributed by atoms with Gasteiger partial charge in [0.05, 0.1) is 0 Å². The zero-order valence-electron chi connectivity index (χ0n) is 9.08. The molecule has 0 aliphatic rings. The van der Waals surface area contributed by atoms with Crippen LogP contribution in [0.5, 0.6) is 0 Å². The van der Waals surface area contributed by atoms with E-state index >= 15 is 0 Å². The second kappa shape index (κ2) is 9.96. The average Bonchev–Trinajstić information content (AvgIpc) is 2.17. The van der Waals surface area contributed by atoms with Gasteiger partial charge in [-0.1, -0.05) is 31.9 Å². The topological polar surface area (TPSA) is 18.5 Å². The molecule has 0 unspecified atom stereocenters. The van der Waals surface area contributed by atoms with Crippen molar-refractivity contribution < 1.29 is 8.85 Å². The monoisotopic (exact) mass is 202 g/mol. The lowest BCUT2D eigenvalue weighted by Crippen LogP contribution is -2.17. The van der Waals surface area contributed by atoms with Crippen LogP contribution in [0, 0.1) is 0 Å². The molecule has 0 aromatic heterocycles. The van der Waals surface area contributed by atoms with Crippen molar-refractivity contribution in [2.45, 2.75) is 38.7 Å². The highest BCUT2D eigenvalue weighted by molar-refractivity contribution is 6.44. The van der Waals surface area contributed by atoms with Crippen LogP contribution in [-0.4, -0.2) is 23.5 Å². The first-order chi connectivity index (χ1) is 6.35. The number of hydrogen-bond donors (Lipinski definition) is 0. The molecule has 0 aromatic rings. The molecular weight excluding hydrogens is 180 g/mol. The van der Waals surface area contributed by atoms with Crippen LogP contribution in [0.25, 0.3) is 0 Å². The van der Waals surface area contributed by atoms with Crippen LogP contribution < -0.4 is 0 Å². The van der Waals surface area contributed by atoms with Gasteiger partial charge in [0.1, 0.15) is 0 Å². The highest BCUT2D eigenvalue weighted by Gasteiger charge is 2.04. The maximum absolute atomic E-state index is 5.19. The fourth-order valence-electron chi connectivity index (χ4n) is 1.13. The Balaban J connectivity index is 3.28. The van der Waals surface area contributed by atoms with Gasteiger partial charge in [-0.25, -0.2) is 0 Å². The van der Waals surface area contributed by atoms with Crippen LogP contribution in [-0.2, 0) is 8.85 Å². The molecule has 0 bridgehead atoms. The molecule has 13 heavy (non-hydrogen) atoms. The standard InChI is InChI=1S/C10H22O2Si/c1-4-5-6-7-8-9-10-13(11-2)12-3/h8-9,13H,4-7,10H2,1-3H3. The molecule has 0 radical (unpaired) electrons. The first-order valence-electron chi connectivity index (χ1n) is 5.05. The molecule has 2 nitrogen and oxygen atoms in total. The molecule has 0 saturated carbocycles. The second-order valence-electron chi connectivity index (χ2n) is 3.10. The largest absolute Gasteiger partial charge is 0.400 e. The van der Waals surface area contributed by atoms with Gasteiger partial charge in [0.2, 0.25) is 0 Å². The summed E-state index contributed by atoms with van der Waals surface area (Å²) < 4.78 is 10.4. The lowest BCUT2D eigenvalue weighted by molar-refractivity contribution is 0.281. The zero-order valence-corrected chi connectivity index (χ0v) is 10.2. The third kappa shape index (κ3) is 8.21. The summed E-state index contributed by atoms with van der Waals surface area (Å²) in [6.07, 6.45) is 9.57. The Morgan fingerprint density at radius 1 is 1.08 bits per heavy atom. The molecule has 0 heterocycles. The zero-order chi connectivity index (χ0) is 9.94. The Bertz CT molecular complexity index is 122. The maximum Gasteiger partial charge on any atom is 0.324 e. The van der Waals surface area contributed by atoms with Crippen LogP contribution in [0.4, 0.5) is 0 Å². The van der Waals surface area contributed by atoms with Crippen LogP contribution in [0.2, 0.25) is 6.04 Å². The molecule has 78 valence electrons. The van der Waals surface area contributed by atoms with Gasteiger partial charge in [-0.05, 0) is 12.8 Å². The summed E-state index contributed by atoms with van der Waals surface area (Å²) in [6.45, 7) is 2.22. The van der Waals surface area contributed by atoms with Crippen molar-refractivity contribution in [1.29, 1.82) is 0 Å². The Morgan fingerprint density at radius 2 is 1.77 bits per heavy atom. The summed E-state index contributed by atoms with van der Waals surface area (Å²) in [7, 11) is 2.12. The van der Waals surface area contributed by atoms with Crippen LogP contribution in [0.3, 0.4) is 0 Å². The van der Waals surface area contributed by atoms with Crippen molar-refractivity contribution in [3.8, 4) is 0 Å². The van der Waals surface area contributed by atoms with E-state index in [4.69, 9.17) is 8.85 Å². The number of unbranched alkanes of at least 4 members (excludes halogenated alkanes) is 3. The van der Waals surface area contributed by atoms with Gasteiger partial charge in [-0.3, -0.25) is 0 Å². The van der Waals surface area contributed by atoms with Gasteiger partial charge in [-0.15, -0.1) is 0 Å². The van der Waals surface area contributed by atoms with E-state index in [0.29, 0.717) is 0 Å². The average molecular weight is 202 g/mol. The first-order valence-corrected chi connectivity index (χ1v) is 6.81. The third-order valence-electron chi connectivity index (χ3n) is 2.00. The van der Waals surface area contributed by atoms with Crippen molar-refractivity contribution in [1.82, 2.24) is 0 Å². The van der Waals surface area contributed by atoms with E-state index in [2.05, 4.69) is 19.1 Å². The fraction of sp³-hybridized carbons (Fsp3) is 0.800. The predicted molar refractivity (Wildman–Crippen MR) is 59.3 cm³/mol. The SMILES string of the molecule is CCCCCC=CC[SiH](OC)OC. The lowest BCUT2D eigenvalue weighted by Gasteiger charge is -2.06. The highest BCUT2D eigenvalue weighted by Crippen LogP contribution is 2.02. The Labute approximate surface area is 83.8 Å². The first kappa shape index (κ1) is 12.9. The minimum Gasteiger partial charge on any atom is -0.400 e. The van der Waals surface area contributed by atoms with Gasteiger partial charge in [0, 0.05) is 20.3 Å². The summed E-state index contributed by atoms with van der Waals surface area (Å²) in [5.41, 5.74) is 0. The second-order valence-corrected chi connectivity index (χ2v) is 5.38. The van der Waals surface area contributed by atoms with Crippen LogP contribution >= 0.6 is 0 Å². The molecule has 0 aliphatic heterocycles. The van der Waals surface area contributed by atoms with E-state index in [0.717, 1.165) is 6.04 Å². The lowest BCUT2D eigenvalue weighted by atomic mass is 10.2.